The number of phenolic OH excluding ortho intramolecular Hbond substituents is 4. The maximum atomic E-state index is 11.5. The van der Waals surface area contributed by atoms with Gasteiger partial charge in [0.25, 0.3) is 0 Å². The van der Waals surface area contributed by atoms with Crippen molar-refractivity contribution in [3.8, 4) is 23.0 Å². The zero-order valence-electron chi connectivity index (χ0n) is 29.5. The van der Waals surface area contributed by atoms with Gasteiger partial charge < -0.3 is 39.4 Å². The molecule has 1 aliphatic rings. The van der Waals surface area contributed by atoms with Gasteiger partial charge in [0.05, 0.1) is 52.9 Å². The zero-order valence-corrected chi connectivity index (χ0v) is 36.0. The van der Waals surface area contributed by atoms with Gasteiger partial charge in [-0.1, -0.05) is 34.6 Å². The Morgan fingerprint density at radius 3 is 0.863 bits per heavy atom. The summed E-state index contributed by atoms with van der Waals surface area (Å²) in [6.07, 6.45) is 0.914. The molecule has 0 amide bonds. The van der Waals surface area contributed by atoms with Crippen molar-refractivity contribution >= 4 is 67.8 Å². The Balaban J connectivity index is 1.50. The highest BCUT2D eigenvalue weighted by molar-refractivity contribution is 14.1. The minimum absolute atomic E-state index is 0.0719. The summed E-state index contributed by atoms with van der Waals surface area (Å²) in [5.74, 6) is 0.363. The standard InChI is InChI=1S/C40H45I3O8/c1-39(2,3)22-40(4,5)31-6-23-14-48-16-25-8-32(41)10-27(36(25)45)18-50-20-29-12-34(43)13-30(38(29)47)21-51-19-28-11-33(42)9-26(37(28)46)17-49-15-24(7-31)35(23)44/h6-13,44-47H,14-22H2,1-5H3. The molecule has 274 valence electrons. The summed E-state index contributed by atoms with van der Waals surface area (Å²) in [5.41, 5.74) is 5.82. The largest absolute Gasteiger partial charge is 0.507 e. The minimum atomic E-state index is -0.209. The van der Waals surface area contributed by atoms with Crippen molar-refractivity contribution in [3.05, 3.63) is 109 Å². The third kappa shape index (κ3) is 10.6. The molecular formula is C40H45I3O8. The highest BCUT2D eigenvalue weighted by Crippen LogP contribution is 2.40. The van der Waals surface area contributed by atoms with Crippen LogP contribution in [0, 0.1) is 16.1 Å². The molecule has 0 unspecified atom stereocenters. The first-order chi connectivity index (χ1) is 24.0. The van der Waals surface area contributed by atoms with E-state index in [1.54, 1.807) is 0 Å². The summed E-state index contributed by atoms with van der Waals surface area (Å²) in [6, 6.07) is 15.2. The Labute approximate surface area is 341 Å². The quantitative estimate of drug-likeness (QED) is 0.147. The molecule has 0 atom stereocenters. The molecule has 4 N–H and O–H groups in total. The second-order valence-electron chi connectivity index (χ2n) is 15.0. The maximum absolute atomic E-state index is 11.5. The van der Waals surface area contributed by atoms with Gasteiger partial charge in [-0.05, 0) is 139 Å². The lowest BCUT2D eigenvalue weighted by Gasteiger charge is -2.34. The summed E-state index contributed by atoms with van der Waals surface area (Å²) in [7, 11) is 0. The Morgan fingerprint density at radius 2 is 0.647 bits per heavy atom. The van der Waals surface area contributed by atoms with Gasteiger partial charge in [0, 0.05) is 55.2 Å². The Morgan fingerprint density at radius 1 is 0.431 bits per heavy atom. The van der Waals surface area contributed by atoms with Gasteiger partial charge in [0.1, 0.15) is 23.0 Å². The van der Waals surface area contributed by atoms with Crippen LogP contribution in [0.5, 0.6) is 23.0 Å². The number of hydrogen-bond acceptors (Lipinski definition) is 8. The summed E-state index contributed by atoms with van der Waals surface area (Å²) < 4.78 is 27.1. The van der Waals surface area contributed by atoms with E-state index in [-0.39, 0.29) is 86.7 Å². The van der Waals surface area contributed by atoms with Gasteiger partial charge in [-0.3, -0.25) is 0 Å². The third-order valence-corrected chi connectivity index (χ3v) is 10.6. The van der Waals surface area contributed by atoms with Crippen molar-refractivity contribution < 1.29 is 39.4 Å². The number of benzene rings is 4. The summed E-state index contributed by atoms with van der Waals surface area (Å²) >= 11 is 6.62. The van der Waals surface area contributed by atoms with E-state index >= 15 is 0 Å². The normalized spacial score (nSPS) is 15.3. The Bertz CT molecular complexity index is 1770. The van der Waals surface area contributed by atoms with Crippen molar-refractivity contribution in [2.45, 2.75) is 99.3 Å². The molecule has 0 saturated heterocycles. The molecule has 51 heavy (non-hydrogen) atoms. The zero-order chi connectivity index (χ0) is 37.1. The minimum Gasteiger partial charge on any atom is -0.507 e. The Kier molecular flexibility index (Phi) is 13.5. The van der Waals surface area contributed by atoms with Gasteiger partial charge in [0.2, 0.25) is 0 Å². The lowest BCUT2D eigenvalue weighted by Crippen LogP contribution is -2.25. The molecule has 0 spiro atoms. The van der Waals surface area contributed by atoms with Crippen molar-refractivity contribution in [2.24, 2.45) is 5.41 Å². The van der Waals surface area contributed by atoms with Crippen molar-refractivity contribution in [2.75, 3.05) is 0 Å². The van der Waals surface area contributed by atoms with E-state index in [4.69, 9.17) is 18.9 Å². The second-order valence-corrected chi connectivity index (χ2v) is 18.7. The van der Waals surface area contributed by atoms with Gasteiger partial charge in [-0.25, -0.2) is 0 Å². The van der Waals surface area contributed by atoms with E-state index in [1.807, 2.05) is 48.5 Å². The van der Waals surface area contributed by atoms with Crippen LogP contribution in [0.25, 0.3) is 0 Å². The van der Waals surface area contributed by atoms with Gasteiger partial charge in [-0.2, -0.15) is 0 Å². The smallest absolute Gasteiger partial charge is 0.126 e. The molecule has 8 nitrogen and oxygen atoms in total. The van der Waals surface area contributed by atoms with Crippen LogP contribution in [0.3, 0.4) is 0 Å². The molecule has 0 fully saturated rings. The number of ether oxygens (including phenoxy) is 4. The van der Waals surface area contributed by atoms with E-state index in [0.717, 1.165) is 22.7 Å². The van der Waals surface area contributed by atoms with Crippen LogP contribution in [-0.4, -0.2) is 20.4 Å². The maximum Gasteiger partial charge on any atom is 0.126 e. The molecule has 0 saturated carbocycles. The molecule has 4 aromatic rings. The van der Waals surface area contributed by atoms with Gasteiger partial charge in [0.15, 0.2) is 0 Å². The number of fused-ring (bicyclic) bond motifs is 8. The highest BCUT2D eigenvalue weighted by atomic mass is 127. The van der Waals surface area contributed by atoms with Crippen LogP contribution in [0.2, 0.25) is 0 Å². The number of hydrogen-bond donors (Lipinski definition) is 4. The fourth-order valence-electron chi connectivity index (χ4n) is 6.70. The van der Waals surface area contributed by atoms with Crippen molar-refractivity contribution in [1.29, 1.82) is 0 Å². The molecule has 0 aliphatic carbocycles. The van der Waals surface area contributed by atoms with Crippen molar-refractivity contribution in [1.82, 2.24) is 0 Å². The number of aromatic hydroxyl groups is 4. The van der Waals surface area contributed by atoms with Crippen LogP contribution in [-0.2, 0) is 77.2 Å². The van der Waals surface area contributed by atoms with Crippen LogP contribution < -0.4 is 0 Å². The molecule has 0 radical (unpaired) electrons. The lowest BCUT2D eigenvalue weighted by molar-refractivity contribution is 0.0930. The molecule has 4 aromatic carbocycles. The molecule has 11 heteroatoms. The number of phenols is 4. The molecule has 1 aliphatic heterocycles. The van der Waals surface area contributed by atoms with Crippen LogP contribution in [0.4, 0.5) is 0 Å². The predicted molar refractivity (Wildman–Crippen MR) is 222 cm³/mol. The Hall–Kier alpha value is -1.89. The highest BCUT2D eigenvalue weighted by Gasteiger charge is 2.29. The van der Waals surface area contributed by atoms with E-state index in [0.29, 0.717) is 44.5 Å². The van der Waals surface area contributed by atoms with Crippen LogP contribution in [0.1, 0.15) is 91.1 Å². The van der Waals surface area contributed by atoms with E-state index < -0.39 is 0 Å². The third-order valence-electron chi connectivity index (χ3n) is 8.78. The van der Waals surface area contributed by atoms with E-state index in [2.05, 4.69) is 102 Å². The number of halogens is 3. The topological polar surface area (TPSA) is 118 Å². The first-order valence-electron chi connectivity index (χ1n) is 16.7. The summed E-state index contributed by atoms with van der Waals surface area (Å²) in [4.78, 5) is 0. The molecule has 1 heterocycles. The first-order valence-corrected chi connectivity index (χ1v) is 19.9. The first kappa shape index (κ1) is 40.3. The summed E-state index contributed by atoms with van der Waals surface area (Å²) in [5, 5.41) is 45.0. The predicted octanol–water partition coefficient (Wildman–Crippen LogP) is 10.2. The lowest BCUT2D eigenvalue weighted by atomic mass is 9.71. The van der Waals surface area contributed by atoms with E-state index in [1.165, 1.54) is 0 Å². The average Bonchev–Trinajstić information content (AvgIpc) is 3.03. The van der Waals surface area contributed by atoms with Crippen LogP contribution >= 0.6 is 67.8 Å². The second kappa shape index (κ2) is 17.1. The monoisotopic (exact) mass is 1030 g/mol. The van der Waals surface area contributed by atoms with Crippen molar-refractivity contribution in [3.63, 3.8) is 0 Å². The average molecular weight is 1030 g/mol. The molecule has 5 rings (SSSR count). The van der Waals surface area contributed by atoms with Crippen LogP contribution in [0.15, 0.2) is 48.5 Å². The fraction of sp³-hybridized carbons (Fsp3) is 0.400. The summed E-state index contributed by atoms with van der Waals surface area (Å²) in [6.45, 7) is 12.0. The van der Waals surface area contributed by atoms with Gasteiger partial charge in [-0.15, -0.1) is 0 Å². The van der Waals surface area contributed by atoms with Gasteiger partial charge >= 0.3 is 0 Å². The van der Waals surface area contributed by atoms with E-state index in [9.17, 15) is 20.4 Å². The number of rotatable bonds is 2. The molecule has 8 bridgehead atoms. The molecular weight excluding hydrogens is 989 g/mol. The fourth-order valence-corrected chi connectivity index (χ4v) is 8.95. The molecule has 0 aromatic heterocycles. The SMILES string of the molecule is CC(C)(C)CC(C)(C)c1cc2c(O)c(c1)COCc1cc(I)cc(c1O)COCc1cc(I)cc(c1O)COCc1cc(I)cc(c1O)COC2.